The second kappa shape index (κ2) is 15.6. The van der Waals surface area contributed by atoms with Crippen LogP contribution in [0.1, 0.15) is 49.1 Å². The summed E-state index contributed by atoms with van der Waals surface area (Å²) in [5.74, 6) is 3.03. The fraction of sp³-hybridized carbons (Fsp3) is 0.127. The summed E-state index contributed by atoms with van der Waals surface area (Å²) in [6.45, 7) is 2.71. The molecule has 3 heterocycles. The van der Waals surface area contributed by atoms with Crippen molar-refractivity contribution < 1.29 is 4.74 Å². The van der Waals surface area contributed by atoms with E-state index in [1.165, 1.54) is 27.4 Å². The van der Waals surface area contributed by atoms with Crippen molar-refractivity contribution in [2.45, 2.75) is 38.7 Å². The van der Waals surface area contributed by atoms with Crippen molar-refractivity contribution in [3.63, 3.8) is 0 Å². The maximum atomic E-state index is 6.53. The highest BCUT2D eigenvalue weighted by Crippen LogP contribution is 2.38. The van der Waals surface area contributed by atoms with Crippen molar-refractivity contribution in [1.82, 2.24) is 19.5 Å². The maximum Gasteiger partial charge on any atom is 0.163 e. The molecule has 2 aliphatic carbocycles. The van der Waals surface area contributed by atoms with Gasteiger partial charge in [0.05, 0.1) is 22.4 Å². The molecule has 0 radical (unpaired) electrons. The lowest BCUT2D eigenvalue weighted by molar-refractivity contribution is 0.202. The van der Waals surface area contributed by atoms with Crippen molar-refractivity contribution in [3.8, 4) is 33.9 Å². The molecule has 11 rings (SSSR count). The molecule has 2 unspecified atom stereocenters. The van der Waals surface area contributed by atoms with Crippen LogP contribution in [0.4, 0.5) is 5.69 Å². The molecule has 0 spiro atoms. The minimum atomic E-state index is -0.0107. The van der Waals surface area contributed by atoms with Gasteiger partial charge in [-0.1, -0.05) is 159 Å². The van der Waals surface area contributed by atoms with Crippen molar-refractivity contribution in [1.29, 1.82) is 0 Å². The van der Waals surface area contributed by atoms with Crippen molar-refractivity contribution in [2.75, 3.05) is 0 Å². The Kier molecular flexibility index (Phi) is 9.38. The van der Waals surface area contributed by atoms with Crippen LogP contribution in [0.25, 0.3) is 61.4 Å². The SMILES string of the molecule is CC1C2=CCCC=C2OCc2ccc(-c3ccccc3)cc2/N=C\1c1ccc(-c2nc(-c3ccccc3)nc(C3C=CC(n4c5ccccc5c5ccccc54)=CC3)n2)cc1. The van der Waals surface area contributed by atoms with E-state index in [1.807, 2.05) is 24.3 Å². The van der Waals surface area contributed by atoms with E-state index in [4.69, 9.17) is 24.7 Å². The lowest BCUT2D eigenvalue weighted by atomic mass is 9.86. The summed E-state index contributed by atoms with van der Waals surface area (Å²) < 4.78 is 8.89. The third-order valence-electron chi connectivity index (χ3n) is 12.2. The maximum absolute atomic E-state index is 6.53. The number of hydrogen-bond donors (Lipinski definition) is 0. The molecule has 2 atom stereocenters. The molecule has 61 heavy (non-hydrogen) atoms. The van der Waals surface area contributed by atoms with Crippen molar-refractivity contribution in [2.24, 2.45) is 10.9 Å². The van der Waals surface area contributed by atoms with E-state index in [1.54, 1.807) is 0 Å². The lowest BCUT2D eigenvalue weighted by Gasteiger charge is -2.23. The van der Waals surface area contributed by atoms with E-state index in [9.17, 15) is 0 Å². The van der Waals surface area contributed by atoms with E-state index in [0.29, 0.717) is 18.3 Å². The molecule has 0 fully saturated rings. The first-order chi connectivity index (χ1) is 30.1. The molecule has 8 aromatic rings. The Bertz CT molecular complexity index is 3060. The van der Waals surface area contributed by atoms with Crippen LogP contribution in [0.15, 0.2) is 198 Å². The molecule has 0 amide bonds. The molecule has 0 N–H and O–H groups in total. The molecular formula is C55H43N5O. The summed E-state index contributed by atoms with van der Waals surface area (Å²) in [5, 5.41) is 2.51. The number of benzene rings is 6. The molecule has 6 nitrogen and oxygen atoms in total. The summed E-state index contributed by atoms with van der Waals surface area (Å²) in [6.07, 6.45) is 14.1. The van der Waals surface area contributed by atoms with Crippen LogP contribution in [0.3, 0.4) is 0 Å². The minimum Gasteiger partial charge on any atom is -0.489 e. The zero-order chi connectivity index (χ0) is 40.7. The van der Waals surface area contributed by atoms with Gasteiger partial charge >= 0.3 is 0 Å². The van der Waals surface area contributed by atoms with Crippen molar-refractivity contribution in [3.05, 3.63) is 210 Å². The standard InChI is InChI=1S/C55H43N5O/c1-36-45-18-10-13-23-51(45)61-35-43-29-28-42(37-14-4-2-5-15-37)34-48(43)56-52(36)38-24-26-40(27-25-38)54-57-53(39-16-6-3-7-17-39)58-55(59-54)41-30-32-44(33-31-41)60-49-21-11-8-19-46(49)47-20-9-12-22-50(47)60/h2-9,11-12,14-30,32-34,36,41H,10,13,31,35H2,1H3/b56-52+. The van der Waals surface area contributed by atoms with Gasteiger partial charge in [-0.3, -0.25) is 4.99 Å². The zero-order valence-electron chi connectivity index (χ0n) is 33.9. The second-order valence-corrected chi connectivity index (χ2v) is 16.0. The summed E-state index contributed by atoms with van der Waals surface area (Å²) in [4.78, 5) is 20.9. The Morgan fingerprint density at radius 3 is 1.87 bits per heavy atom. The molecule has 0 saturated heterocycles. The largest absolute Gasteiger partial charge is 0.489 e. The van der Waals surface area contributed by atoms with Crippen molar-refractivity contribution >= 4 is 38.9 Å². The number of hydrogen-bond acceptors (Lipinski definition) is 5. The number of fused-ring (bicyclic) bond motifs is 5. The first-order valence-electron chi connectivity index (χ1n) is 21.2. The highest BCUT2D eigenvalue weighted by molar-refractivity contribution is 6.10. The Morgan fingerprint density at radius 2 is 1.18 bits per heavy atom. The van der Waals surface area contributed by atoms with E-state index >= 15 is 0 Å². The van der Waals surface area contributed by atoms with E-state index in [0.717, 1.165) is 81.3 Å². The van der Waals surface area contributed by atoms with Gasteiger partial charge < -0.3 is 9.30 Å². The summed E-state index contributed by atoms with van der Waals surface area (Å²) in [5.41, 5.74) is 13.0. The highest BCUT2D eigenvalue weighted by Gasteiger charge is 2.26. The number of aliphatic imine (C=N–C) groups is 1. The van der Waals surface area contributed by atoms with Gasteiger partial charge in [-0.25, -0.2) is 15.0 Å². The number of para-hydroxylation sites is 2. The predicted octanol–water partition coefficient (Wildman–Crippen LogP) is 13.5. The number of rotatable bonds is 6. The molecule has 294 valence electrons. The molecule has 3 aliphatic rings. The normalized spacial score (nSPS) is 18.3. The van der Waals surface area contributed by atoms with Crippen LogP contribution in [-0.2, 0) is 11.3 Å². The molecule has 0 saturated carbocycles. The fourth-order valence-electron chi connectivity index (χ4n) is 9.01. The average Bonchev–Trinajstić information content (AvgIpc) is 3.69. The topological polar surface area (TPSA) is 65.2 Å². The first kappa shape index (κ1) is 36.6. The number of aromatic nitrogens is 4. The quantitative estimate of drug-likeness (QED) is 0.168. The summed E-state index contributed by atoms with van der Waals surface area (Å²) in [6, 6.07) is 53.1. The number of allylic oxidation sites excluding steroid dienone is 7. The Balaban J connectivity index is 0.961. The van der Waals surface area contributed by atoms with E-state index in [-0.39, 0.29) is 11.8 Å². The predicted molar refractivity (Wildman–Crippen MR) is 248 cm³/mol. The Labute approximate surface area is 355 Å². The van der Waals surface area contributed by atoms with Gasteiger partial charge in [0.25, 0.3) is 0 Å². The van der Waals surface area contributed by atoms with E-state index in [2.05, 4.69) is 169 Å². The average molecular weight is 790 g/mol. The third kappa shape index (κ3) is 6.90. The van der Waals surface area contributed by atoms with Gasteiger partial charge in [0.2, 0.25) is 0 Å². The lowest BCUT2D eigenvalue weighted by Crippen LogP contribution is -2.18. The molecule has 0 bridgehead atoms. The summed E-state index contributed by atoms with van der Waals surface area (Å²) in [7, 11) is 0. The van der Waals surface area contributed by atoms with Gasteiger partial charge in [0.1, 0.15) is 18.2 Å². The van der Waals surface area contributed by atoms with Gasteiger partial charge in [-0.2, -0.15) is 0 Å². The smallest absolute Gasteiger partial charge is 0.163 e. The Morgan fingerprint density at radius 1 is 0.574 bits per heavy atom. The Hall–Kier alpha value is -7.44. The fourth-order valence-corrected chi connectivity index (χ4v) is 9.01. The van der Waals surface area contributed by atoms with Gasteiger partial charge in [0.15, 0.2) is 11.6 Å². The van der Waals surface area contributed by atoms with Crippen LogP contribution in [0.5, 0.6) is 0 Å². The van der Waals surface area contributed by atoms with Gasteiger partial charge in [-0.05, 0) is 71.9 Å². The van der Waals surface area contributed by atoms with Gasteiger partial charge in [-0.15, -0.1) is 0 Å². The highest BCUT2D eigenvalue weighted by atomic mass is 16.5. The van der Waals surface area contributed by atoms with Crippen LogP contribution in [0, 0.1) is 5.92 Å². The van der Waals surface area contributed by atoms with Crippen LogP contribution in [-0.4, -0.2) is 25.2 Å². The molecule has 6 aromatic carbocycles. The number of nitrogens with zero attached hydrogens (tertiary/aromatic N) is 5. The molecule has 6 heteroatoms. The van der Waals surface area contributed by atoms with E-state index < -0.39 is 0 Å². The third-order valence-corrected chi connectivity index (χ3v) is 12.2. The minimum absolute atomic E-state index is 0.00995. The number of ether oxygens (including phenoxy) is 1. The monoisotopic (exact) mass is 789 g/mol. The molecule has 1 aliphatic heterocycles. The summed E-state index contributed by atoms with van der Waals surface area (Å²) >= 11 is 0. The molecule has 2 aromatic heterocycles. The van der Waals surface area contributed by atoms with Gasteiger partial charge in [0, 0.05) is 45.0 Å². The molecular weight excluding hydrogens is 747 g/mol. The van der Waals surface area contributed by atoms with Crippen LogP contribution >= 0.6 is 0 Å². The van der Waals surface area contributed by atoms with Crippen LogP contribution < -0.4 is 0 Å². The van der Waals surface area contributed by atoms with Crippen LogP contribution in [0.2, 0.25) is 0 Å². The second-order valence-electron chi connectivity index (χ2n) is 16.0. The zero-order valence-corrected chi connectivity index (χ0v) is 33.9. The first-order valence-corrected chi connectivity index (χ1v) is 21.2.